The number of aromatic nitrogens is 2. The van der Waals surface area contributed by atoms with Crippen molar-refractivity contribution in [1.82, 2.24) is 15.1 Å². The molecule has 1 N–H and O–H groups in total. The molecule has 144 valence electrons. The quantitative estimate of drug-likeness (QED) is 0.577. The molecule has 0 radical (unpaired) electrons. The van der Waals surface area contributed by atoms with Crippen LogP contribution >= 0.6 is 0 Å². The van der Waals surface area contributed by atoms with E-state index in [1.54, 1.807) is 31.3 Å². The van der Waals surface area contributed by atoms with Crippen LogP contribution in [0.15, 0.2) is 83.7 Å². The minimum Gasteiger partial charge on any atom is -0.344 e. The first-order valence-corrected chi connectivity index (χ1v) is 9.47. The van der Waals surface area contributed by atoms with Gasteiger partial charge in [-0.2, -0.15) is 5.10 Å². The van der Waals surface area contributed by atoms with Crippen molar-refractivity contribution in [2.75, 3.05) is 0 Å². The Bertz CT molecular complexity index is 1230. The highest BCUT2D eigenvalue weighted by Gasteiger charge is 2.18. The highest BCUT2D eigenvalue weighted by Crippen LogP contribution is 2.22. The monoisotopic (exact) mass is 383 g/mol. The van der Waals surface area contributed by atoms with Crippen LogP contribution in [-0.4, -0.2) is 15.7 Å². The summed E-state index contributed by atoms with van der Waals surface area (Å²) < 4.78 is 1.20. The van der Waals surface area contributed by atoms with Gasteiger partial charge in [-0.25, -0.2) is 4.68 Å². The van der Waals surface area contributed by atoms with Crippen LogP contribution in [0.3, 0.4) is 0 Å². The van der Waals surface area contributed by atoms with Gasteiger partial charge in [0.15, 0.2) is 5.69 Å². The van der Waals surface area contributed by atoms with Gasteiger partial charge in [0.2, 0.25) is 0 Å². The van der Waals surface area contributed by atoms with E-state index in [9.17, 15) is 9.59 Å². The maximum absolute atomic E-state index is 12.9. The number of nitrogens with zero attached hydrogens (tertiary/aromatic N) is 2. The Morgan fingerprint density at radius 2 is 1.45 bits per heavy atom. The molecule has 5 heteroatoms. The van der Waals surface area contributed by atoms with Crippen molar-refractivity contribution in [2.45, 2.75) is 13.0 Å². The smallest absolute Gasteiger partial charge is 0.274 e. The predicted molar refractivity (Wildman–Crippen MR) is 115 cm³/mol. The normalized spacial score (nSPS) is 11.9. The van der Waals surface area contributed by atoms with Crippen molar-refractivity contribution in [3.63, 3.8) is 0 Å². The lowest BCUT2D eigenvalue weighted by molar-refractivity contribution is 0.0934. The Morgan fingerprint density at radius 3 is 2.14 bits per heavy atom. The summed E-state index contributed by atoms with van der Waals surface area (Å²) in [5.41, 5.74) is 3.29. The third-order valence-corrected chi connectivity index (χ3v) is 5.04. The molecule has 1 aromatic heterocycles. The number of benzene rings is 3. The fourth-order valence-corrected chi connectivity index (χ4v) is 3.41. The number of amides is 1. The van der Waals surface area contributed by atoms with Crippen LogP contribution in [0, 0.1) is 0 Å². The molecule has 0 aliphatic rings. The van der Waals surface area contributed by atoms with Crippen molar-refractivity contribution in [3.05, 3.63) is 100 Å². The summed E-state index contributed by atoms with van der Waals surface area (Å²) in [6, 6.07) is 25.1. The standard InChI is InChI=1S/C24H21N3O2/c1-16(17-12-14-19(15-13-17)18-8-4-3-5-9-18)25-23(28)22-20-10-6-7-11-21(20)24(29)27(2)26-22/h3-16H,1-2H3,(H,25,28)/t16-/m1/s1. The first kappa shape index (κ1) is 18.6. The molecule has 0 aliphatic heterocycles. The van der Waals surface area contributed by atoms with E-state index in [0.717, 1.165) is 16.7 Å². The molecule has 0 aliphatic carbocycles. The van der Waals surface area contributed by atoms with Crippen molar-refractivity contribution in [3.8, 4) is 11.1 Å². The van der Waals surface area contributed by atoms with Gasteiger partial charge >= 0.3 is 0 Å². The molecule has 0 spiro atoms. The van der Waals surface area contributed by atoms with E-state index in [0.29, 0.717) is 10.8 Å². The van der Waals surface area contributed by atoms with Crippen LogP contribution in [0.4, 0.5) is 0 Å². The Hall–Kier alpha value is -3.73. The van der Waals surface area contributed by atoms with E-state index >= 15 is 0 Å². The predicted octanol–water partition coefficient (Wildman–Crippen LogP) is 4.09. The molecule has 0 unspecified atom stereocenters. The lowest BCUT2D eigenvalue weighted by Gasteiger charge is -2.16. The largest absolute Gasteiger partial charge is 0.344 e. The summed E-state index contributed by atoms with van der Waals surface area (Å²) in [5, 5.41) is 8.22. The third kappa shape index (κ3) is 3.67. The van der Waals surface area contributed by atoms with Crippen molar-refractivity contribution in [1.29, 1.82) is 0 Å². The molecule has 0 saturated carbocycles. The van der Waals surface area contributed by atoms with E-state index in [1.807, 2.05) is 49.4 Å². The van der Waals surface area contributed by atoms with Gasteiger partial charge in [-0.1, -0.05) is 72.8 Å². The molecule has 5 nitrogen and oxygen atoms in total. The van der Waals surface area contributed by atoms with Crippen molar-refractivity contribution >= 4 is 16.7 Å². The lowest BCUT2D eigenvalue weighted by atomic mass is 10.0. The molecule has 0 bridgehead atoms. The van der Waals surface area contributed by atoms with E-state index in [1.165, 1.54) is 4.68 Å². The summed E-state index contributed by atoms with van der Waals surface area (Å²) in [4.78, 5) is 25.2. The van der Waals surface area contributed by atoms with Crippen molar-refractivity contribution in [2.24, 2.45) is 7.05 Å². The molecule has 0 fully saturated rings. The van der Waals surface area contributed by atoms with E-state index in [2.05, 4.69) is 22.5 Å². The fourth-order valence-electron chi connectivity index (χ4n) is 3.41. The van der Waals surface area contributed by atoms with Gasteiger partial charge in [-0.05, 0) is 29.7 Å². The number of carbonyl (C=O) groups excluding carboxylic acids is 1. The van der Waals surface area contributed by atoms with Crippen LogP contribution in [0.5, 0.6) is 0 Å². The summed E-state index contributed by atoms with van der Waals surface area (Å²) in [6.45, 7) is 1.93. The van der Waals surface area contributed by atoms with Crippen LogP contribution in [0.25, 0.3) is 21.9 Å². The SMILES string of the molecule is C[C@@H](NC(=O)c1nn(C)c(=O)c2ccccc12)c1ccc(-c2ccccc2)cc1. The van der Waals surface area contributed by atoms with E-state index in [-0.39, 0.29) is 23.2 Å². The fraction of sp³-hybridized carbons (Fsp3) is 0.125. The average Bonchev–Trinajstić information content (AvgIpc) is 2.77. The molecule has 0 saturated heterocycles. The van der Waals surface area contributed by atoms with Crippen molar-refractivity contribution < 1.29 is 4.79 Å². The number of hydrogen-bond acceptors (Lipinski definition) is 3. The van der Waals surface area contributed by atoms with Gasteiger partial charge in [-0.15, -0.1) is 0 Å². The number of hydrogen-bond donors (Lipinski definition) is 1. The Labute approximate surface area is 168 Å². The number of carbonyl (C=O) groups is 1. The van der Waals surface area contributed by atoms with Gasteiger partial charge in [0.25, 0.3) is 11.5 Å². The summed E-state index contributed by atoms with van der Waals surface area (Å²) in [7, 11) is 1.55. The number of rotatable bonds is 4. The lowest BCUT2D eigenvalue weighted by Crippen LogP contribution is -2.31. The maximum Gasteiger partial charge on any atom is 0.274 e. The number of aryl methyl sites for hydroxylation is 1. The van der Waals surface area contributed by atoms with Gasteiger partial charge in [0, 0.05) is 12.4 Å². The van der Waals surface area contributed by atoms with Gasteiger partial charge in [0.05, 0.1) is 11.4 Å². The number of nitrogens with one attached hydrogen (secondary N) is 1. The second kappa shape index (κ2) is 7.72. The second-order valence-electron chi connectivity index (χ2n) is 7.01. The average molecular weight is 383 g/mol. The zero-order valence-corrected chi connectivity index (χ0v) is 16.3. The van der Waals surface area contributed by atoms with Crippen LogP contribution < -0.4 is 10.9 Å². The van der Waals surface area contributed by atoms with Gasteiger partial charge in [-0.3, -0.25) is 9.59 Å². The van der Waals surface area contributed by atoms with E-state index in [4.69, 9.17) is 0 Å². The second-order valence-corrected chi connectivity index (χ2v) is 7.01. The van der Waals surface area contributed by atoms with Crippen LogP contribution in [0.2, 0.25) is 0 Å². The summed E-state index contributed by atoms with van der Waals surface area (Å²) >= 11 is 0. The van der Waals surface area contributed by atoms with Gasteiger partial charge in [0.1, 0.15) is 0 Å². The zero-order chi connectivity index (χ0) is 20.4. The summed E-state index contributed by atoms with van der Waals surface area (Å²) in [5.74, 6) is -0.309. The Kier molecular flexibility index (Phi) is 4.96. The van der Waals surface area contributed by atoms with Gasteiger partial charge < -0.3 is 5.32 Å². The van der Waals surface area contributed by atoms with Crippen LogP contribution in [0.1, 0.15) is 29.0 Å². The molecule has 1 atom stereocenters. The highest BCUT2D eigenvalue weighted by atomic mass is 16.2. The molecule has 29 heavy (non-hydrogen) atoms. The Morgan fingerprint density at radius 1 is 0.862 bits per heavy atom. The minimum absolute atomic E-state index is 0.204. The first-order valence-electron chi connectivity index (χ1n) is 9.47. The van der Waals surface area contributed by atoms with E-state index < -0.39 is 0 Å². The minimum atomic E-state index is -0.309. The molecule has 1 heterocycles. The zero-order valence-electron chi connectivity index (χ0n) is 16.3. The maximum atomic E-state index is 12.9. The molecule has 4 aromatic rings. The molecule has 4 rings (SSSR count). The third-order valence-electron chi connectivity index (χ3n) is 5.04. The highest BCUT2D eigenvalue weighted by molar-refractivity contribution is 6.04. The van der Waals surface area contributed by atoms with Crippen LogP contribution in [-0.2, 0) is 7.05 Å². The summed E-state index contributed by atoms with van der Waals surface area (Å²) in [6.07, 6.45) is 0. The molecular formula is C24H21N3O2. The molecule has 1 amide bonds. The topological polar surface area (TPSA) is 64.0 Å². The Balaban J connectivity index is 1.58. The first-order chi connectivity index (χ1) is 14.0. The molecule has 3 aromatic carbocycles. The number of fused-ring (bicyclic) bond motifs is 1. The molecular weight excluding hydrogens is 362 g/mol.